The lowest BCUT2D eigenvalue weighted by molar-refractivity contribution is -0.645. The van der Waals surface area contributed by atoms with Crippen LogP contribution < -0.4 is 9.30 Å². The van der Waals surface area contributed by atoms with Gasteiger partial charge in [-0.15, -0.1) is 0 Å². The minimum atomic E-state index is -0.796. The van der Waals surface area contributed by atoms with Crippen LogP contribution in [0.2, 0.25) is 0 Å². The maximum absolute atomic E-state index is 11.5. The smallest absolute Gasteiger partial charge is 0.328 e. The number of aryl methyl sites for hydroxylation is 1. The van der Waals surface area contributed by atoms with Crippen LogP contribution in [0.25, 0.3) is 10.9 Å². The second-order valence-corrected chi connectivity index (χ2v) is 4.61. The van der Waals surface area contributed by atoms with Crippen LogP contribution in [0.5, 0.6) is 11.5 Å². The first kappa shape index (κ1) is 15.9. The summed E-state index contributed by atoms with van der Waals surface area (Å²) in [5.41, 5.74) is 0.514. The van der Waals surface area contributed by atoms with Gasteiger partial charge in [-0.1, -0.05) is 0 Å². The molecular formula is C14H17N2O6+. The molecule has 1 aromatic carbocycles. The Morgan fingerprint density at radius 3 is 2.45 bits per heavy atom. The van der Waals surface area contributed by atoms with E-state index in [0.717, 1.165) is 0 Å². The van der Waals surface area contributed by atoms with Gasteiger partial charge in [-0.3, -0.25) is 10.1 Å². The highest BCUT2D eigenvalue weighted by atomic mass is 16.7. The van der Waals surface area contributed by atoms with Crippen LogP contribution in [0.3, 0.4) is 0 Å². The summed E-state index contributed by atoms with van der Waals surface area (Å²) in [4.78, 5) is 10.8. The molecular weight excluding hydrogens is 292 g/mol. The van der Waals surface area contributed by atoms with E-state index >= 15 is 0 Å². The van der Waals surface area contributed by atoms with Crippen molar-refractivity contribution in [1.29, 1.82) is 0 Å². The van der Waals surface area contributed by atoms with Crippen LogP contribution in [0.1, 0.15) is 11.9 Å². The third-order valence-corrected chi connectivity index (χ3v) is 3.45. The molecule has 0 aliphatic carbocycles. The van der Waals surface area contributed by atoms with Crippen molar-refractivity contribution in [3.63, 3.8) is 0 Å². The number of phenolic OH excluding ortho intramolecular Hbond substituents is 1. The van der Waals surface area contributed by atoms with E-state index in [0.29, 0.717) is 11.1 Å². The Hall–Kier alpha value is -2.45. The Morgan fingerprint density at radius 2 is 1.95 bits per heavy atom. The molecule has 0 saturated heterocycles. The average Bonchev–Trinajstić information content (AvgIpc) is 2.49. The summed E-state index contributed by atoms with van der Waals surface area (Å²) in [7, 11) is 5.94. The SMILES string of the molecule is COc1cc2c(c(C(OC)OC)cc[n+]2C)c([N+](=O)[O-])c1O. The molecule has 8 nitrogen and oxygen atoms in total. The Balaban J connectivity index is 2.99. The number of nitrogens with zero attached hydrogens (tertiary/aromatic N) is 2. The van der Waals surface area contributed by atoms with E-state index in [4.69, 9.17) is 14.2 Å². The number of fused-ring (bicyclic) bond motifs is 1. The van der Waals surface area contributed by atoms with Crippen molar-refractivity contribution in [2.24, 2.45) is 7.05 Å². The number of pyridine rings is 1. The second kappa shape index (κ2) is 6.12. The van der Waals surface area contributed by atoms with E-state index in [9.17, 15) is 15.2 Å². The largest absolute Gasteiger partial charge is 0.499 e. The summed E-state index contributed by atoms with van der Waals surface area (Å²) < 4.78 is 17.1. The van der Waals surface area contributed by atoms with Crippen LogP contribution in [0.4, 0.5) is 5.69 Å². The molecule has 0 fully saturated rings. The number of hydrogen-bond acceptors (Lipinski definition) is 6. The van der Waals surface area contributed by atoms with Gasteiger partial charge in [0.1, 0.15) is 12.4 Å². The van der Waals surface area contributed by atoms with Crippen molar-refractivity contribution < 1.29 is 28.8 Å². The molecule has 8 heteroatoms. The molecule has 0 aliphatic rings. The average molecular weight is 309 g/mol. The van der Waals surface area contributed by atoms with Gasteiger partial charge < -0.3 is 19.3 Å². The Labute approximate surface area is 126 Å². The number of phenols is 1. The van der Waals surface area contributed by atoms with Gasteiger partial charge in [-0.25, -0.2) is 4.57 Å². The Bertz CT molecular complexity index is 727. The zero-order chi connectivity index (χ0) is 16.4. The van der Waals surface area contributed by atoms with Gasteiger partial charge in [0, 0.05) is 25.8 Å². The topological polar surface area (TPSA) is 94.9 Å². The van der Waals surface area contributed by atoms with Crippen molar-refractivity contribution in [2.75, 3.05) is 21.3 Å². The molecule has 0 spiro atoms. The van der Waals surface area contributed by atoms with Gasteiger partial charge in [-0.05, 0) is 0 Å². The predicted molar refractivity (Wildman–Crippen MR) is 76.8 cm³/mol. The number of nitro benzene ring substituents is 1. The number of aromatic nitrogens is 1. The van der Waals surface area contributed by atoms with Crippen LogP contribution in [-0.4, -0.2) is 31.4 Å². The van der Waals surface area contributed by atoms with E-state index < -0.39 is 22.7 Å². The summed E-state index contributed by atoms with van der Waals surface area (Å²) in [6.07, 6.45) is 0.929. The normalized spacial score (nSPS) is 11.1. The van der Waals surface area contributed by atoms with Crippen molar-refractivity contribution in [2.45, 2.75) is 6.29 Å². The fraction of sp³-hybridized carbons (Fsp3) is 0.357. The predicted octanol–water partition coefficient (Wildman–Crippen LogP) is 1.58. The summed E-state index contributed by atoms with van der Waals surface area (Å²) >= 11 is 0. The molecule has 2 rings (SSSR count). The summed E-state index contributed by atoms with van der Waals surface area (Å²) in [6, 6.07) is 3.18. The maximum Gasteiger partial charge on any atom is 0.328 e. The monoisotopic (exact) mass is 309 g/mol. The number of hydrogen-bond donors (Lipinski definition) is 1. The quantitative estimate of drug-likeness (QED) is 0.390. The number of benzene rings is 1. The van der Waals surface area contributed by atoms with Gasteiger partial charge in [0.05, 0.1) is 18.1 Å². The molecule has 0 atom stereocenters. The molecule has 2 aromatic rings. The third kappa shape index (κ3) is 2.42. The second-order valence-electron chi connectivity index (χ2n) is 4.61. The number of methoxy groups -OCH3 is 3. The van der Waals surface area contributed by atoms with Crippen LogP contribution in [0.15, 0.2) is 18.3 Å². The van der Waals surface area contributed by atoms with Crippen LogP contribution in [-0.2, 0) is 16.5 Å². The Kier molecular flexibility index (Phi) is 4.43. The number of aromatic hydroxyl groups is 1. The van der Waals surface area contributed by atoms with E-state index in [1.165, 1.54) is 27.4 Å². The highest BCUT2D eigenvalue weighted by Crippen LogP contribution is 2.43. The molecule has 118 valence electrons. The zero-order valence-electron chi connectivity index (χ0n) is 12.7. The van der Waals surface area contributed by atoms with Crippen LogP contribution in [0, 0.1) is 10.1 Å². The first-order valence-corrected chi connectivity index (χ1v) is 6.38. The lowest BCUT2D eigenvalue weighted by Crippen LogP contribution is -2.29. The van der Waals surface area contributed by atoms with Gasteiger partial charge in [0.15, 0.2) is 18.2 Å². The van der Waals surface area contributed by atoms with Gasteiger partial charge in [0.25, 0.3) is 0 Å². The summed E-state index contributed by atoms with van der Waals surface area (Å²) in [6.45, 7) is 0. The number of ether oxygens (including phenoxy) is 3. The fourth-order valence-electron chi connectivity index (χ4n) is 2.42. The number of nitro groups is 1. The van der Waals surface area contributed by atoms with E-state index in [2.05, 4.69) is 0 Å². The lowest BCUT2D eigenvalue weighted by Gasteiger charge is -2.15. The van der Waals surface area contributed by atoms with Crippen molar-refractivity contribution in [1.82, 2.24) is 0 Å². The molecule has 0 aliphatic heterocycles. The van der Waals surface area contributed by atoms with Crippen molar-refractivity contribution >= 4 is 16.6 Å². The molecule has 0 unspecified atom stereocenters. The highest BCUT2D eigenvalue weighted by Gasteiger charge is 2.31. The molecule has 1 aromatic heterocycles. The van der Waals surface area contributed by atoms with E-state index in [-0.39, 0.29) is 11.1 Å². The Morgan fingerprint density at radius 1 is 1.32 bits per heavy atom. The molecule has 1 heterocycles. The minimum Gasteiger partial charge on any atom is -0.499 e. The van der Waals surface area contributed by atoms with E-state index in [1.54, 1.807) is 23.9 Å². The molecule has 0 saturated carbocycles. The minimum absolute atomic E-state index is 0.0262. The molecule has 22 heavy (non-hydrogen) atoms. The summed E-state index contributed by atoms with van der Waals surface area (Å²) in [5.74, 6) is -0.503. The maximum atomic E-state index is 11.5. The molecule has 0 bridgehead atoms. The zero-order valence-corrected chi connectivity index (χ0v) is 12.7. The molecule has 1 N–H and O–H groups in total. The number of rotatable bonds is 5. The standard InChI is InChI=1S/C14H16N2O6/c1-15-6-5-8(14(21-3)22-4)11-9(15)7-10(20-2)13(17)12(11)16(18)19/h5-7,14H,1-4H3/p+1. The van der Waals surface area contributed by atoms with Gasteiger partial charge in [-0.2, -0.15) is 0 Å². The van der Waals surface area contributed by atoms with Crippen LogP contribution >= 0.6 is 0 Å². The first-order valence-electron chi connectivity index (χ1n) is 6.38. The van der Waals surface area contributed by atoms with Gasteiger partial charge >= 0.3 is 5.69 Å². The molecule has 0 radical (unpaired) electrons. The van der Waals surface area contributed by atoms with E-state index in [1.807, 2.05) is 0 Å². The lowest BCUT2D eigenvalue weighted by atomic mass is 10.0. The third-order valence-electron chi connectivity index (χ3n) is 3.45. The first-order chi connectivity index (χ1) is 10.5. The molecule has 0 amide bonds. The van der Waals surface area contributed by atoms with Crippen molar-refractivity contribution in [3.8, 4) is 11.5 Å². The van der Waals surface area contributed by atoms with Gasteiger partial charge in [0.2, 0.25) is 11.3 Å². The highest BCUT2D eigenvalue weighted by molar-refractivity contribution is 5.94. The summed E-state index contributed by atoms with van der Waals surface area (Å²) in [5, 5.41) is 21.8. The van der Waals surface area contributed by atoms with Crippen molar-refractivity contribution in [3.05, 3.63) is 34.0 Å². The fourth-order valence-corrected chi connectivity index (χ4v) is 2.42.